The minimum atomic E-state index is -0.956. The Morgan fingerprint density at radius 3 is 1.34 bits per heavy atom. The van der Waals surface area contributed by atoms with Gasteiger partial charge in [0, 0.05) is 133 Å². The van der Waals surface area contributed by atoms with Gasteiger partial charge in [-0.1, -0.05) is 36.4 Å². The predicted octanol–water partition coefficient (Wildman–Crippen LogP) is 10.7. The van der Waals surface area contributed by atoms with Crippen molar-refractivity contribution in [3.63, 3.8) is 0 Å². The molecule has 6 aromatic carbocycles. The number of amides is 2. The molecule has 3 aliphatic rings. The average Bonchev–Trinajstić information content (AvgIpc) is 0.864. The molecule has 111 heavy (non-hydrogen) atoms. The van der Waals surface area contributed by atoms with Gasteiger partial charge in [-0.2, -0.15) is 0 Å². The highest BCUT2D eigenvalue weighted by molar-refractivity contribution is 6.36. The fourth-order valence-electron chi connectivity index (χ4n) is 10.9. The lowest BCUT2D eigenvalue weighted by atomic mass is 10.1. The number of nitrogens with one attached hydrogen (secondary N) is 3. The summed E-state index contributed by atoms with van der Waals surface area (Å²) in [6.45, 7) is 14.7. The van der Waals surface area contributed by atoms with Crippen LogP contribution in [0.25, 0.3) is 33.8 Å². The van der Waals surface area contributed by atoms with Crippen molar-refractivity contribution in [1.29, 1.82) is 0 Å². The van der Waals surface area contributed by atoms with E-state index < -0.39 is 17.7 Å². The van der Waals surface area contributed by atoms with E-state index in [1.807, 2.05) is 130 Å². The Hall–Kier alpha value is -12.3. The number of carboxylic acids is 1. The first-order valence-electron chi connectivity index (χ1n) is 34.4. The molecular weight excluding hydrogens is 1490 g/mol. The topological polar surface area (TPSA) is 402 Å². The van der Waals surface area contributed by atoms with E-state index in [2.05, 4.69) is 97.7 Å². The highest BCUT2D eigenvalue weighted by atomic mass is 35.5. The van der Waals surface area contributed by atoms with Crippen LogP contribution in [-0.4, -0.2) is 199 Å². The maximum atomic E-state index is 12.4. The number of aromatic nitrogens is 14. The number of anilines is 11. The monoisotopic (exact) mass is 1580 g/mol. The second kappa shape index (κ2) is 41.3. The van der Waals surface area contributed by atoms with E-state index in [1.165, 1.54) is 17.3 Å². The first-order valence-corrected chi connectivity index (χ1v) is 35.1. The third-order valence-corrected chi connectivity index (χ3v) is 16.7. The van der Waals surface area contributed by atoms with Crippen LogP contribution in [0.4, 0.5) is 67.9 Å². The third kappa shape index (κ3) is 25.4. The molecule has 8 N–H and O–H groups in total. The normalized spacial score (nSPS) is 13.0. The van der Waals surface area contributed by atoms with E-state index in [9.17, 15) is 14.4 Å². The summed E-state index contributed by atoms with van der Waals surface area (Å²) >= 11 is 12.0. The fraction of sp³-hybridized carbons (Fsp3) is 0.284. The number of rotatable bonds is 19. The lowest BCUT2D eigenvalue weighted by molar-refractivity contribution is -0.138. The van der Waals surface area contributed by atoms with Gasteiger partial charge in [-0.15, -0.1) is 22.6 Å². The van der Waals surface area contributed by atoms with Crippen LogP contribution in [0.15, 0.2) is 177 Å². The molecule has 0 radical (unpaired) electrons. The van der Waals surface area contributed by atoms with Crippen LogP contribution >= 0.6 is 35.8 Å². The number of aliphatic carboxylic acids is 1. The lowest BCUT2D eigenvalue weighted by Gasteiger charge is -2.30. The number of nitrogens with zero attached hydrogens (tertiary/aromatic N) is 18. The number of nitrogens with two attached hydrogens (primary N) is 2. The summed E-state index contributed by atoms with van der Waals surface area (Å²) in [4.78, 5) is 66.6. The van der Waals surface area contributed by atoms with Crippen LogP contribution in [-0.2, 0) is 41.6 Å². The summed E-state index contributed by atoms with van der Waals surface area (Å²) in [7, 11) is 5.01. The van der Waals surface area contributed by atoms with Crippen molar-refractivity contribution in [2.45, 2.75) is 39.5 Å². The maximum Gasteiger partial charge on any atom is 0.412 e. The molecule has 0 unspecified atom stereocenters. The van der Waals surface area contributed by atoms with Gasteiger partial charge in [-0.3, -0.25) is 14.9 Å². The molecule has 2 amide bonds. The van der Waals surface area contributed by atoms with Gasteiger partial charge in [0.1, 0.15) is 48.6 Å². The van der Waals surface area contributed by atoms with Crippen LogP contribution in [0.5, 0.6) is 17.2 Å². The molecule has 3 aliphatic heterocycles. The highest BCUT2D eigenvalue weighted by Crippen LogP contribution is 2.36. The molecule has 0 bridgehead atoms. The van der Waals surface area contributed by atoms with Crippen LogP contribution in [0.1, 0.15) is 20.8 Å². The molecular formula is C74H84Cl3N23O11. The first-order chi connectivity index (χ1) is 53.3. The number of nitrogen functional groups attached to an aromatic ring is 2. The third-order valence-electron chi connectivity index (χ3n) is 16.1. The number of ether oxygens (including phenoxy) is 7. The quantitative estimate of drug-likeness (QED) is 0.0249. The molecule has 11 aromatic rings. The van der Waals surface area contributed by atoms with Gasteiger partial charge < -0.3 is 75.1 Å². The molecule has 3 saturated heterocycles. The minimum absolute atomic E-state index is 0. The summed E-state index contributed by atoms with van der Waals surface area (Å²) in [5.41, 5.74) is 23.4. The second-order valence-electron chi connectivity index (χ2n) is 25.0. The largest absolute Gasteiger partial charge is 0.495 e. The number of carboxylic acid groups (broad SMARTS) is 1. The van der Waals surface area contributed by atoms with Gasteiger partial charge in [-0.05, 0) is 144 Å². The second-order valence-corrected chi connectivity index (χ2v) is 25.6. The molecule has 3 fully saturated rings. The number of hydrogen-bond acceptors (Lipinski definition) is 29. The molecule has 0 atom stereocenters. The Kier molecular flexibility index (Phi) is 30.8. The van der Waals surface area contributed by atoms with Gasteiger partial charge in [0.25, 0.3) is 5.91 Å². The van der Waals surface area contributed by atoms with Crippen molar-refractivity contribution in [3.05, 3.63) is 182 Å². The van der Waals surface area contributed by atoms with Crippen LogP contribution in [0.3, 0.4) is 0 Å². The molecule has 0 spiro atoms. The summed E-state index contributed by atoms with van der Waals surface area (Å²) in [5.74, 6) is 2.04. The molecule has 8 heterocycles. The van der Waals surface area contributed by atoms with Gasteiger partial charge in [0.2, 0.25) is 17.2 Å². The van der Waals surface area contributed by atoms with E-state index in [1.54, 1.807) is 70.3 Å². The van der Waals surface area contributed by atoms with Gasteiger partial charge in [-0.25, -0.2) is 48.5 Å². The maximum absolute atomic E-state index is 12.4. The number of tetrazole rings is 2. The number of carbonyl (C=O) groups is 3. The molecule has 0 aliphatic carbocycles. The van der Waals surface area contributed by atoms with Crippen molar-refractivity contribution in [3.8, 4) is 51.0 Å². The Morgan fingerprint density at radius 2 is 0.919 bits per heavy atom. The molecule has 0 saturated carbocycles. The van der Waals surface area contributed by atoms with Gasteiger partial charge >= 0.3 is 12.1 Å². The number of methoxy groups -OCH3 is 3. The Labute approximate surface area is 655 Å². The summed E-state index contributed by atoms with van der Waals surface area (Å²) in [6, 6.07) is 45.1. The van der Waals surface area contributed by atoms with Gasteiger partial charge in [0.05, 0.1) is 101 Å². The van der Waals surface area contributed by atoms with Crippen molar-refractivity contribution < 1.29 is 52.6 Å². The number of morpholine rings is 3. The standard InChI is InChI=1S/C24H24ClN9O3.C21H23N5O2.C15H16ClN3O2.C11H16N2O2.C3H4N4O2.ClH/c1-36-22-14-18(4-7-21(22)32-10-12-37-13-11-32)28-24-26-9-8-20(29-24)17-2-5-19(6-3-17)34(25)23(35)15-33-16-27-30-31-33;1-27-20-14-17(6-7-19(20)26-10-12-28-13-11-26)24-21-23-9-8-18(25-21)15-2-4-16(22)5-3-15;1-15(2,3)21-14(20)18-11-6-4-10(5-7-11)12-8-9-17-13(16)19-12;1-14-11-8-9(12)2-3-10(11)13-4-6-15-7-5-13;8-3(9)1-7-2-4-5-6-7;/h2-9,14,16H,10-13,15H2,1H3,(H,26,28,29);2-9,14H,10-13,22H2,1H3,(H,23,24,25);4-9H,1-3H3,(H,18,20);2-3,8H,4-7,12H2,1H3;2H,1H2,(H,8,9);1H. The first kappa shape index (κ1) is 82.7. The zero-order chi connectivity index (χ0) is 77.8. The molecule has 5 aromatic heterocycles. The van der Waals surface area contributed by atoms with Crippen LogP contribution in [0, 0.1) is 0 Å². The zero-order valence-corrected chi connectivity index (χ0v) is 63.9. The van der Waals surface area contributed by atoms with Crippen LogP contribution in [0.2, 0.25) is 5.28 Å². The number of halogens is 3. The molecule has 14 rings (SSSR count). The summed E-state index contributed by atoms with van der Waals surface area (Å²) in [5, 5.41) is 38.1. The van der Waals surface area contributed by atoms with E-state index in [-0.39, 0.29) is 36.7 Å². The van der Waals surface area contributed by atoms with Crippen molar-refractivity contribution in [2.75, 3.05) is 147 Å². The zero-order valence-electron chi connectivity index (χ0n) is 61.5. The van der Waals surface area contributed by atoms with E-state index in [4.69, 9.17) is 73.1 Å². The lowest BCUT2D eigenvalue weighted by Crippen LogP contribution is -2.36. The molecule has 37 heteroatoms. The Balaban J connectivity index is 0.000000170. The summed E-state index contributed by atoms with van der Waals surface area (Å²) in [6.07, 6.45) is 7.12. The van der Waals surface area contributed by atoms with Crippen molar-refractivity contribution in [2.24, 2.45) is 0 Å². The highest BCUT2D eigenvalue weighted by Gasteiger charge is 2.22. The van der Waals surface area contributed by atoms with E-state index in [0.29, 0.717) is 42.2 Å². The average molecular weight is 1580 g/mol. The van der Waals surface area contributed by atoms with Gasteiger partial charge in [0.15, 0.2) is 0 Å². The van der Waals surface area contributed by atoms with Crippen molar-refractivity contribution in [1.82, 2.24) is 70.3 Å². The summed E-state index contributed by atoms with van der Waals surface area (Å²) < 4.78 is 41.4. The number of carbonyl (C=O) groups excluding carboxylic acids is 2. The number of benzene rings is 6. The molecule has 582 valence electrons. The Morgan fingerprint density at radius 1 is 0.523 bits per heavy atom. The molecule has 34 nitrogen and oxygen atoms in total. The predicted molar refractivity (Wildman–Crippen MR) is 425 cm³/mol. The Bertz CT molecular complexity index is 4730. The van der Waals surface area contributed by atoms with E-state index in [0.717, 1.165) is 160 Å². The SMILES string of the molecule is CC(C)(C)OC(=O)Nc1ccc(-c2ccnc(Cl)n2)cc1.COc1cc(N)ccc1N1CCOCC1.COc1cc(Nc2nccc(-c3ccc(N(Cl)C(=O)Cn4cnnn4)cc3)n2)ccc1N1CCOCC1.COc1cc(Nc2nccc(-c3ccc(N)cc3)n2)ccc1N1CCOCC1.Cl.O=C(O)Cn1cnnn1. The minimum Gasteiger partial charge on any atom is -0.495 e. The van der Waals surface area contributed by atoms with Crippen molar-refractivity contribution >= 4 is 117 Å². The van der Waals surface area contributed by atoms with Crippen LogP contribution < -0.4 is 60.7 Å². The smallest absolute Gasteiger partial charge is 0.412 e. The fourth-order valence-corrected chi connectivity index (χ4v) is 11.2. The number of hydrogen-bond donors (Lipinski definition) is 6. The van der Waals surface area contributed by atoms with E-state index >= 15 is 0 Å².